The van der Waals surface area contributed by atoms with Gasteiger partial charge in [-0.2, -0.15) is 0 Å². The number of H-pyrrole nitrogens is 1. The van der Waals surface area contributed by atoms with E-state index in [4.69, 9.17) is 5.73 Å². The monoisotopic (exact) mass is 367 g/mol. The highest BCUT2D eigenvalue weighted by Gasteiger charge is 2.23. The Kier molecular flexibility index (Phi) is 4.87. The highest BCUT2D eigenvalue weighted by atomic mass is 19.1. The number of fused-ring (bicyclic) bond motifs is 1. The molecule has 2 aromatic carbocycles. The van der Waals surface area contributed by atoms with Crippen LogP contribution in [-0.4, -0.2) is 41.6 Å². The van der Waals surface area contributed by atoms with Crippen molar-refractivity contribution in [1.82, 2.24) is 20.6 Å². The van der Waals surface area contributed by atoms with Crippen LogP contribution in [0.25, 0.3) is 22.2 Å². The maximum atomic E-state index is 13.1. The van der Waals surface area contributed by atoms with Crippen LogP contribution in [0.3, 0.4) is 0 Å². The van der Waals surface area contributed by atoms with Gasteiger partial charge in [-0.1, -0.05) is 18.2 Å². The van der Waals surface area contributed by atoms with E-state index in [9.17, 15) is 9.18 Å². The first-order valence-electron chi connectivity index (χ1n) is 9.09. The molecule has 1 saturated heterocycles. The molecule has 1 fully saturated rings. The number of rotatable bonds is 5. The van der Waals surface area contributed by atoms with E-state index in [0.717, 1.165) is 29.6 Å². The molecule has 5 N–H and O–H groups in total. The van der Waals surface area contributed by atoms with Gasteiger partial charge in [0, 0.05) is 12.6 Å². The van der Waals surface area contributed by atoms with Gasteiger partial charge < -0.3 is 21.4 Å². The summed E-state index contributed by atoms with van der Waals surface area (Å²) < 4.78 is 13.1. The summed E-state index contributed by atoms with van der Waals surface area (Å²) in [6.45, 7) is 2.11. The maximum Gasteiger partial charge on any atom is 0.287 e. The van der Waals surface area contributed by atoms with Gasteiger partial charge in [-0.15, -0.1) is 0 Å². The number of benzene rings is 2. The number of amides is 1. The molecule has 3 aromatic rings. The third-order valence-corrected chi connectivity index (χ3v) is 5.03. The summed E-state index contributed by atoms with van der Waals surface area (Å²) in [5.41, 5.74) is 9.01. The van der Waals surface area contributed by atoms with Gasteiger partial charge in [0.05, 0.1) is 11.0 Å². The van der Waals surface area contributed by atoms with E-state index < -0.39 is 0 Å². The Morgan fingerprint density at radius 2 is 2.00 bits per heavy atom. The average Bonchev–Trinajstić information content (AvgIpc) is 3.32. The number of aromatic amines is 1. The topological polar surface area (TPSA) is 95.8 Å². The number of imidazole rings is 1. The molecule has 0 bridgehead atoms. The normalized spacial score (nSPS) is 19.5. The molecule has 27 heavy (non-hydrogen) atoms. The zero-order valence-corrected chi connectivity index (χ0v) is 14.8. The molecule has 140 valence electrons. The Bertz CT molecular complexity index is 953. The molecule has 6 nitrogen and oxygen atoms in total. The van der Waals surface area contributed by atoms with E-state index in [2.05, 4.69) is 20.6 Å². The molecule has 0 saturated carbocycles. The van der Waals surface area contributed by atoms with Crippen LogP contribution in [0.1, 0.15) is 17.0 Å². The second-order valence-corrected chi connectivity index (χ2v) is 6.98. The molecule has 0 unspecified atom stereocenters. The predicted molar refractivity (Wildman–Crippen MR) is 103 cm³/mol. The lowest BCUT2D eigenvalue weighted by Crippen LogP contribution is -2.37. The molecule has 1 aromatic heterocycles. The summed E-state index contributed by atoms with van der Waals surface area (Å²) >= 11 is 0. The Morgan fingerprint density at radius 1 is 1.22 bits per heavy atom. The maximum absolute atomic E-state index is 13.1. The highest BCUT2D eigenvalue weighted by Crippen LogP contribution is 2.23. The van der Waals surface area contributed by atoms with Gasteiger partial charge in [0.25, 0.3) is 5.91 Å². The second-order valence-electron chi connectivity index (χ2n) is 6.98. The largest absolute Gasteiger partial charge is 0.348 e. The van der Waals surface area contributed by atoms with Crippen LogP contribution in [-0.2, 0) is 0 Å². The summed E-state index contributed by atoms with van der Waals surface area (Å²) in [4.78, 5) is 19.9. The highest BCUT2D eigenvalue weighted by molar-refractivity contribution is 5.94. The Balaban J connectivity index is 1.46. The van der Waals surface area contributed by atoms with Gasteiger partial charge in [-0.25, -0.2) is 9.37 Å². The van der Waals surface area contributed by atoms with Crippen LogP contribution < -0.4 is 16.4 Å². The zero-order valence-electron chi connectivity index (χ0n) is 14.8. The van der Waals surface area contributed by atoms with E-state index in [1.165, 1.54) is 12.1 Å². The number of hydrogen-bond donors (Lipinski definition) is 4. The SMILES string of the molecule is NC[C@@H]1CN[C@H](CNC(=O)c2nc3ccc(-c4ccc(F)cc4)cc3[nH]2)C1. The number of nitrogens with one attached hydrogen (secondary N) is 3. The average molecular weight is 367 g/mol. The molecule has 7 heteroatoms. The summed E-state index contributed by atoms with van der Waals surface area (Å²) in [5, 5.41) is 6.29. The predicted octanol–water partition coefficient (Wildman–Crippen LogP) is 2.04. The quantitative estimate of drug-likeness (QED) is 0.555. The Morgan fingerprint density at radius 3 is 2.74 bits per heavy atom. The fourth-order valence-corrected chi connectivity index (χ4v) is 3.48. The minimum Gasteiger partial charge on any atom is -0.348 e. The third-order valence-electron chi connectivity index (χ3n) is 5.03. The van der Waals surface area contributed by atoms with Crippen molar-refractivity contribution < 1.29 is 9.18 Å². The van der Waals surface area contributed by atoms with E-state index in [1.54, 1.807) is 12.1 Å². The molecule has 2 heterocycles. The van der Waals surface area contributed by atoms with Crippen LogP contribution in [0.2, 0.25) is 0 Å². The van der Waals surface area contributed by atoms with Crippen molar-refractivity contribution in [2.45, 2.75) is 12.5 Å². The number of nitrogens with two attached hydrogens (primary N) is 1. The van der Waals surface area contributed by atoms with E-state index in [1.807, 2.05) is 18.2 Å². The third kappa shape index (κ3) is 3.84. The fraction of sp³-hybridized carbons (Fsp3) is 0.300. The summed E-state index contributed by atoms with van der Waals surface area (Å²) in [5.74, 6) is 0.264. The minimum absolute atomic E-state index is 0.229. The molecule has 0 aliphatic carbocycles. The number of aromatic nitrogens is 2. The van der Waals surface area contributed by atoms with E-state index in [-0.39, 0.29) is 23.6 Å². The van der Waals surface area contributed by atoms with Crippen LogP contribution in [0, 0.1) is 11.7 Å². The summed E-state index contributed by atoms with van der Waals surface area (Å²) in [6.07, 6.45) is 0.970. The van der Waals surface area contributed by atoms with Gasteiger partial charge in [0.15, 0.2) is 5.82 Å². The number of carbonyl (C=O) groups excluding carboxylic acids is 1. The van der Waals surface area contributed by atoms with Crippen molar-refractivity contribution in [3.05, 3.63) is 54.1 Å². The molecule has 2 atom stereocenters. The van der Waals surface area contributed by atoms with Crippen LogP contribution >= 0.6 is 0 Å². The van der Waals surface area contributed by atoms with Crippen LogP contribution in [0.5, 0.6) is 0 Å². The minimum atomic E-state index is -0.269. The lowest BCUT2D eigenvalue weighted by molar-refractivity contribution is 0.0941. The molecule has 0 spiro atoms. The molecular weight excluding hydrogens is 345 g/mol. The Labute approximate surface area is 156 Å². The van der Waals surface area contributed by atoms with Gasteiger partial charge in [-0.3, -0.25) is 4.79 Å². The zero-order chi connectivity index (χ0) is 18.8. The van der Waals surface area contributed by atoms with E-state index in [0.29, 0.717) is 24.5 Å². The first-order valence-corrected chi connectivity index (χ1v) is 9.09. The Hall–Kier alpha value is -2.77. The summed E-state index contributed by atoms with van der Waals surface area (Å²) in [6, 6.07) is 12.2. The molecule has 1 amide bonds. The molecule has 4 rings (SSSR count). The van der Waals surface area contributed by atoms with Gasteiger partial charge in [0.1, 0.15) is 5.82 Å². The van der Waals surface area contributed by atoms with Crippen molar-refractivity contribution in [2.75, 3.05) is 19.6 Å². The standard InChI is InChI=1S/C20H22FN5O/c21-15-4-1-13(2-5-15)14-3-6-17-18(8-14)26-19(25-17)20(27)24-11-16-7-12(9-22)10-23-16/h1-6,8,12,16,23H,7,9-11,22H2,(H,24,27)(H,25,26)/t12-,16+/m1/s1. The van der Waals surface area contributed by atoms with Crippen molar-refractivity contribution in [1.29, 1.82) is 0 Å². The lowest BCUT2D eigenvalue weighted by atomic mass is 10.1. The fourth-order valence-electron chi connectivity index (χ4n) is 3.48. The van der Waals surface area contributed by atoms with E-state index >= 15 is 0 Å². The number of hydrogen-bond acceptors (Lipinski definition) is 4. The number of nitrogens with zero attached hydrogens (tertiary/aromatic N) is 1. The molecule has 1 aliphatic heterocycles. The van der Waals surface area contributed by atoms with Crippen molar-refractivity contribution in [3.63, 3.8) is 0 Å². The van der Waals surface area contributed by atoms with Gasteiger partial charge in [0.2, 0.25) is 0 Å². The van der Waals surface area contributed by atoms with Crippen molar-refractivity contribution in [3.8, 4) is 11.1 Å². The van der Waals surface area contributed by atoms with Gasteiger partial charge in [-0.05, 0) is 60.8 Å². The first-order chi connectivity index (χ1) is 13.1. The van der Waals surface area contributed by atoms with Crippen LogP contribution in [0.4, 0.5) is 4.39 Å². The van der Waals surface area contributed by atoms with Crippen LogP contribution in [0.15, 0.2) is 42.5 Å². The van der Waals surface area contributed by atoms with Gasteiger partial charge >= 0.3 is 0 Å². The number of carbonyl (C=O) groups is 1. The lowest BCUT2D eigenvalue weighted by Gasteiger charge is -2.10. The smallest absolute Gasteiger partial charge is 0.287 e. The first kappa shape index (κ1) is 17.6. The molecular formula is C20H22FN5O. The van der Waals surface area contributed by atoms with Crippen molar-refractivity contribution in [2.24, 2.45) is 11.7 Å². The summed E-state index contributed by atoms with van der Waals surface area (Å²) in [7, 11) is 0. The second kappa shape index (κ2) is 7.46. The molecule has 0 radical (unpaired) electrons. The molecule has 1 aliphatic rings. The number of halogens is 1. The van der Waals surface area contributed by atoms with Crippen molar-refractivity contribution >= 4 is 16.9 Å².